The number of benzene rings is 1. The van der Waals surface area contributed by atoms with Crippen LogP contribution in [0.15, 0.2) is 36.5 Å². The van der Waals surface area contributed by atoms with Crippen LogP contribution >= 0.6 is 23.2 Å². The fourth-order valence-electron chi connectivity index (χ4n) is 2.67. The molecule has 1 aliphatic heterocycles. The normalized spacial score (nSPS) is 14.5. The number of rotatable bonds is 2. The Hall–Kier alpha value is -1.91. The summed E-state index contributed by atoms with van der Waals surface area (Å²) in [5.41, 5.74) is 3.47. The highest BCUT2D eigenvalue weighted by Gasteiger charge is 2.21. The molecule has 0 N–H and O–H groups in total. The summed E-state index contributed by atoms with van der Waals surface area (Å²) in [5, 5.41) is 0.426. The first-order valence-electron chi connectivity index (χ1n) is 6.85. The smallest absolute Gasteiger partial charge is 0.231 e. The van der Waals surface area contributed by atoms with Crippen molar-refractivity contribution in [2.24, 2.45) is 0 Å². The molecule has 0 amide bonds. The van der Waals surface area contributed by atoms with Crippen LogP contribution in [-0.2, 0) is 0 Å². The van der Waals surface area contributed by atoms with Gasteiger partial charge in [-0.1, -0.05) is 11.6 Å². The zero-order chi connectivity index (χ0) is 15.3. The van der Waals surface area contributed by atoms with E-state index in [-0.39, 0.29) is 12.2 Å². The zero-order valence-corrected chi connectivity index (χ0v) is 13.2. The highest BCUT2D eigenvalue weighted by molar-refractivity contribution is 6.30. The Morgan fingerprint density at radius 2 is 2.00 bits per heavy atom. The van der Waals surface area contributed by atoms with Crippen LogP contribution in [0.25, 0.3) is 16.9 Å². The maximum atomic E-state index is 6.39. The number of imidazole rings is 1. The molecule has 112 valence electrons. The molecule has 0 saturated carbocycles. The Morgan fingerprint density at radius 3 is 2.82 bits per heavy atom. The molecule has 0 fully saturated rings. The summed E-state index contributed by atoms with van der Waals surface area (Å²) in [5.74, 6) is 1.47. The quantitative estimate of drug-likeness (QED) is 0.638. The predicted molar refractivity (Wildman–Crippen MR) is 86.0 cm³/mol. The Balaban J connectivity index is 1.96. The summed E-state index contributed by atoms with van der Waals surface area (Å²) in [6.07, 6.45) is 1.83. The molecule has 3 heterocycles. The molecular formula is C16H12Cl2N2O2. The van der Waals surface area contributed by atoms with Crippen LogP contribution in [0.4, 0.5) is 0 Å². The van der Waals surface area contributed by atoms with E-state index in [0.29, 0.717) is 5.02 Å². The molecule has 1 aromatic carbocycles. The fourth-order valence-corrected chi connectivity index (χ4v) is 3.04. The van der Waals surface area contributed by atoms with Gasteiger partial charge >= 0.3 is 0 Å². The van der Waals surface area contributed by atoms with E-state index < -0.39 is 0 Å². The highest BCUT2D eigenvalue weighted by atomic mass is 35.5. The van der Waals surface area contributed by atoms with Crippen molar-refractivity contribution in [3.63, 3.8) is 0 Å². The van der Waals surface area contributed by atoms with E-state index in [1.54, 1.807) is 0 Å². The van der Waals surface area contributed by atoms with Crippen molar-refractivity contribution in [2.45, 2.75) is 12.3 Å². The van der Waals surface area contributed by atoms with Crippen molar-refractivity contribution in [3.8, 4) is 22.8 Å². The van der Waals surface area contributed by atoms with Gasteiger partial charge in [0.1, 0.15) is 5.65 Å². The lowest BCUT2D eigenvalue weighted by Crippen LogP contribution is -1.95. The predicted octanol–water partition coefficient (Wildman–Crippen LogP) is 4.68. The van der Waals surface area contributed by atoms with Gasteiger partial charge in [-0.25, -0.2) is 4.98 Å². The van der Waals surface area contributed by atoms with Crippen LogP contribution in [-0.4, -0.2) is 16.2 Å². The van der Waals surface area contributed by atoms with Crippen molar-refractivity contribution in [2.75, 3.05) is 6.79 Å². The van der Waals surface area contributed by atoms with E-state index in [2.05, 4.69) is 0 Å². The van der Waals surface area contributed by atoms with Gasteiger partial charge in [-0.15, -0.1) is 11.6 Å². The van der Waals surface area contributed by atoms with Gasteiger partial charge in [0.05, 0.1) is 21.8 Å². The van der Waals surface area contributed by atoms with Gasteiger partial charge in [-0.2, -0.15) is 0 Å². The average Bonchev–Trinajstić information content (AvgIpc) is 3.09. The average molecular weight is 335 g/mol. The summed E-state index contributed by atoms with van der Waals surface area (Å²) in [6, 6.07) is 9.46. The number of pyridine rings is 1. The van der Waals surface area contributed by atoms with E-state index in [1.165, 1.54) is 0 Å². The van der Waals surface area contributed by atoms with Crippen LogP contribution in [0.2, 0.25) is 5.02 Å². The lowest BCUT2D eigenvalue weighted by Gasteiger charge is -2.08. The monoisotopic (exact) mass is 334 g/mol. The Kier molecular flexibility index (Phi) is 3.17. The topological polar surface area (TPSA) is 35.8 Å². The van der Waals surface area contributed by atoms with Gasteiger partial charge in [0.15, 0.2) is 11.5 Å². The first kappa shape index (κ1) is 13.7. The molecule has 6 heteroatoms. The number of nitrogens with zero attached hydrogens (tertiary/aromatic N) is 2. The fraction of sp³-hybridized carbons (Fsp3) is 0.188. The summed E-state index contributed by atoms with van der Waals surface area (Å²) in [4.78, 5) is 4.69. The van der Waals surface area contributed by atoms with Crippen molar-refractivity contribution in [1.82, 2.24) is 9.38 Å². The first-order chi connectivity index (χ1) is 10.6. The maximum absolute atomic E-state index is 6.39. The SMILES string of the molecule is CC(Cl)c1c(-c2ccc3c(c2)OCO3)nc2ccc(Cl)cn12. The minimum absolute atomic E-state index is 0.214. The number of aromatic nitrogens is 2. The van der Waals surface area contributed by atoms with Gasteiger partial charge in [-0.05, 0) is 37.3 Å². The second-order valence-corrected chi connectivity index (χ2v) is 6.20. The zero-order valence-electron chi connectivity index (χ0n) is 11.7. The van der Waals surface area contributed by atoms with Crippen molar-refractivity contribution >= 4 is 28.8 Å². The van der Waals surface area contributed by atoms with Crippen molar-refractivity contribution in [1.29, 1.82) is 0 Å². The molecule has 22 heavy (non-hydrogen) atoms. The molecule has 0 saturated heterocycles. The standard InChI is InChI=1S/C16H12Cl2N2O2/c1-9(17)16-15(19-14-5-3-11(18)7-20(14)16)10-2-4-12-13(6-10)22-8-21-12/h2-7,9H,8H2,1H3. The number of halogens is 2. The molecule has 2 aromatic heterocycles. The van der Waals surface area contributed by atoms with Gasteiger partial charge < -0.3 is 13.9 Å². The Labute approximate surface area is 137 Å². The first-order valence-corrected chi connectivity index (χ1v) is 7.66. The van der Waals surface area contributed by atoms with E-state index >= 15 is 0 Å². The Morgan fingerprint density at radius 1 is 1.18 bits per heavy atom. The maximum Gasteiger partial charge on any atom is 0.231 e. The van der Waals surface area contributed by atoms with Gasteiger partial charge in [0.25, 0.3) is 0 Å². The van der Waals surface area contributed by atoms with Crippen molar-refractivity contribution in [3.05, 3.63) is 47.2 Å². The molecule has 0 radical (unpaired) electrons. The van der Waals surface area contributed by atoms with Crippen LogP contribution in [0, 0.1) is 0 Å². The summed E-state index contributed by atoms with van der Waals surface area (Å²) >= 11 is 12.5. The molecule has 0 aliphatic carbocycles. The summed E-state index contributed by atoms with van der Waals surface area (Å²) in [7, 11) is 0. The minimum Gasteiger partial charge on any atom is -0.454 e. The molecule has 4 rings (SSSR count). The third-order valence-corrected chi connectivity index (χ3v) is 4.07. The van der Waals surface area contributed by atoms with Crippen LogP contribution in [0.1, 0.15) is 18.0 Å². The third kappa shape index (κ3) is 2.11. The van der Waals surface area contributed by atoms with E-state index in [1.807, 2.05) is 47.9 Å². The lowest BCUT2D eigenvalue weighted by atomic mass is 10.1. The molecule has 0 spiro atoms. The van der Waals surface area contributed by atoms with Gasteiger partial charge in [0, 0.05) is 11.8 Å². The second kappa shape index (κ2) is 5.07. The molecule has 1 unspecified atom stereocenters. The molecular weight excluding hydrogens is 323 g/mol. The van der Waals surface area contributed by atoms with Gasteiger partial charge in [0.2, 0.25) is 6.79 Å². The molecule has 1 aliphatic rings. The molecule has 0 bridgehead atoms. The Bertz CT molecular complexity index is 874. The van der Waals surface area contributed by atoms with Crippen LogP contribution in [0.5, 0.6) is 11.5 Å². The number of fused-ring (bicyclic) bond motifs is 2. The molecule has 3 aromatic rings. The lowest BCUT2D eigenvalue weighted by molar-refractivity contribution is 0.174. The number of hydrogen-bond donors (Lipinski definition) is 0. The van der Waals surface area contributed by atoms with Crippen LogP contribution < -0.4 is 9.47 Å². The van der Waals surface area contributed by atoms with E-state index in [4.69, 9.17) is 37.7 Å². The number of alkyl halides is 1. The summed E-state index contributed by atoms with van der Waals surface area (Å²) < 4.78 is 12.7. The number of ether oxygens (including phenoxy) is 2. The molecule has 1 atom stereocenters. The largest absolute Gasteiger partial charge is 0.454 e. The van der Waals surface area contributed by atoms with E-state index in [9.17, 15) is 0 Å². The van der Waals surface area contributed by atoms with Gasteiger partial charge in [-0.3, -0.25) is 0 Å². The highest BCUT2D eigenvalue weighted by Crippen LogP contribution is 2.38. The minimum atomic E-state index is -0.214. The number of hydrogen-bond acceptors (Lipinski definition) is 3. The van der Waals surface area contributed by atoms with Crippen molar-refractivity contribution < 1.29 is 9.47 Å². The summed E-state index contributed by atoms with van der Waals surface area (Å²) in [6.45, 7) is 2.17. The second-order valence-electron chi connectivity index (χ2n) is 5.11. The van der Waals surface area contributed by atoms with E-state index in [0.717, 1.165) is 34.1 Å². The third-order valence-electron chi connectivity index (χ3n) is 3.64. The van der Waals surface area contributed by atoms with Crippen LogP contribution in [0.3, 0.4) is 0 Å². The molecule has 4 nitrogen and oxygen atoms in total.